The highest BCUT2D eigenvalue weighted by molar-refractivity contribution is 9.10. The first kappa shape index (κ1) is 23.1. The largest absolute Gasteiger partial charge is 0.335 e. The number of nitrogens with one attached hydrogen (secondary N) is 3. The Morgan fingerprint density at radius 1 is 0.912 bits per heavy atom. The van der Waals surface area contributed by atoms with Crippen LogP contribution in [-0.4, -0.2) is 27.7 Å². The van der Waals surface area contributed by atoms with Crippen LogP contribution in [0.25, 0.3) is 10.8 Å². The Bertz CT molecular complexity index is 1430. The van der Waals surface area contributed by atoms with Gasteiger partial charge < -0.3 is 5.32 Å². The van der Waals surface area contributed by atoms with E-state index in [1.54, 1.807) is 61.5 Å². The first-order valence-electron chi connectivity index (χ1n) is 10.4. The van der Waals surface area contributed by atoms with Gasteiger partial charge in [-0.2, -0.15) is 10.2 Å². The van der Waals surface area contributed by atoms with Crippen LogP contribution in [-0.2, 0) is 4.79 Å². The van der Waals surface area contributed by atoms with Gasteiger partial charge in [0.2, 0.25) is 0 Å². The number of aromatic amines is 1. The summed E-state index contributed by atoms with van der Waals surface area (Å²) in [5, 5.41) is 14.2. The Hall–Kier alpha value is -4.11. The minimum Gasteiger partial charge on any atom is -0.335 e. The average Bonchev–Trinajstić information content (AvgIpc) is 2.87. The van der Waals surface area contributed by atoms with Crippen LogP contribution in [0.5, 0.6) is 0 Å². The van der Waals surface area contributed by atoms with E-state index >= 15 is 0 Å². The lowest BCUT2D eigenvalue weighted by Gasteiger charge is -2.18. The van der Waals surface area contributed by atoms with Gasteiger partial charge in [-0.15, -0.1) is 0 Å². The molecule has 2 amide bonds. The van der Waals surface area contributed by atoms with E-state index in [2.05, 4.69) is 42.0 Å². The zero-order valence-electron chi connectivity index (χ0n) is 18.1. The predicted octanol–water partition coefficient (Wildman–Crippen LogP) is 3.70. The third-order valence-corrected chi connectivity index (χ3v) is 5.70. The Balaban J connectivity index is 1.69. The summed E-state index contributed by atoms with van der Waals surface area (Å²) in [5.41, 5.74) is 4.11. The van der Waals surface area contributed by atoms with Crippen molar-refractivity contribution < 1.29 is 9.59 Å². The Morgan fingerprint density at radius 3 is 2.26 bits per heavy atom. The second-order valence-corrected chi connectivity index (χ2v) is 8.35. The summed E-state index contributed by atoms with van der Waals surface area (Å²) in [7, 11) is 0. The fraction of sp³-hybridized carbons (Fsp3) is 0.0800. The molecule has 3 aromatic carbocycles. The highest BCUT2D eigenvalue weighted by atomic mass is 79.9. The van der Waals surface area contributed by atoms with Crippen molar-refractivity contribution in [3.05, 3.63) is 111 Å². The zero-order chi connectivity index (χ0) is 24.1. The number of hydrogen-bond acceptors (Lipinski definition) is 5. The number of rotatable bonds is 6. The lowest BCUT2D eigenvalue weighted by molar-refractivity contribution is -0.123. The number of hydrogen-bond donors (Lipinski definition) is 3. The summed E-state index contributed by atoms with van der Waals surface area (Å²) < 4.78 is 0.924. The second kappa shape index (κ2) is 10.2. The van der Waals surface area contributed by atoms with Crippen LogP contribution < -0.4 is 16.3 Å². The summed E-state index contributed by atoms with van der Waals surface area (Å²) in [6, 6.07) is 21.5. The Morgan fingerprint density at radius 2 is 1.56 bits per heavy atom. The molecule has 0 radical (unpaired) electrons. The van der Waals surface area contributed by atoms with Crippen molar-refractivity contribution in [1.82, 2.24) is 20.9 Å². The molecule has 34 heavy (non-hydrogen) atoms. The molecule has 0 saturated carbocycles. The molecule has 8 nitrogen and oxygen atoms in total. The van der Waals surface area contributed by atoms with Crippen molar-refractivity contribution in [3.8, 4) is 0 Å². The number of carbonyl (C=O) groups excluding carboxylic acids is 2. The monoisotopic (exact) mass is 517 g/mol. The molecule has 1 unspecified atom stereocenters. The summed E-state index contributed by atoms with van der Waals surface area (Å²) in [6.07, 6.45) is 0. The SMILES string of the molecule is CC(=NNC(=O)C(NC(=O)c1ccccc1)c1n[nH]c(=O)c2ccccc12)c1ccc(Br)cc1. The number of hydrazone groups is 1. The number of halogens is 1. The van der Waals surface area contributed by atoms with Gasteiger partial charge in [0.05, 0.1) is 11.1 Å². The van der Waals surface area contributed by atoms with E-state index in [1.165, 1.54) is 0 Å². The zero-order valence-corrected chi connectivity index (χ0v) is 19.7. The molecule has 170 valence electrons. The van der Waals surface area contributed by atoms with Gasteiger partial charge in [-0.1, -0.05) is 64.5 Å². The van der Waals surface area contributed by atoms with E-state index in [-0.39, 0.29) is 5.69 Å². The molecule has 0 aliphatic carbocycles. The van der Waals surface area contributed by atoms with E-state index in [0.717, 1.165) is 10.0 Å². The molecule has 9 heteroatoms. The second-order valence-electron chi connectivity index (χ2n) is 7.44. The van der Waals surface area contributed by atoms with Crippen LogP contribution in [0.1, 0.15) is 34.6 Å². The molecule has 3 N–H and O–H groups in total. The van der Waals surface area contributed by atoms with Gasteiger partial charge in [0, 0.05) is 15.4 Å². The standard InChI is InChI=1S/C25H20BrN5O3/c1-15(16-11-13-18(26)14-12-16)28-31-25(34)22(27-23(32)17-7-3-2-4-8-17)21-19-9-5-6-10-20(19)24(33)30-29-21/h2-14,22H,1H3,(H,27,32)(H,30,33)(H,31,34). The first-order chi connectivity index (χ1) is 16.4. The maximum atomic E-state index is 13.3. The molecule has 0 saturated heterocycles. The van der Waals surface area contributed by atoms with Gasteiger partial charge in [0.15, 0.2) is 6.04 Å². The molecular weight excluding hydrogens is 498 g/mol. The number of nitrogens with zero attached hydrogens (tertiary/aromatic N) is 2. The maximum absolute atomic E-state index is 13.3. The van der Waals surface area contributed by atoms with Crippen molar-refractivity contribution in [2.24, 2.45) is 5.10 Å². The van der Waals surface area contributed by atoms with Crippen LogP contribution in [0.15, 0.2) is 93.2 Å². The number of aromatic nitrogens is 2. The molecule has 4 rings (SSSR count). The average molecular weight is 518 g/mol. The Labute approximate surface area is 203 Å². The fourth-order valence-electron chi connectivity index (χ4n) is 3.38. The molecule has 0 aliphatic heterocycles. The number of fused-ring (bicyclic) bond motifs is 1. The van der Waals surface area contributed by atoms with Crippen LogP contribution in [0, 0.1) is 0 Å². The van der Waals surface area contributed by atoms with Gasteiger partial charge in [-0.3, -0.25) is 14.4 Å². The number of benzene rings is 3. The minimum absolute atomic E-state index is 0.202. The minimum atomic E-state index is -1.21. The molecule has 1 aromatic heterocycles. The molecule has 0 spiro atoms. The topological polar surface area (TPSA) is 116 Å². The van der Waals surface area contributed by atoms with Crippen molar-refractivity contribution in [3.63, 3.8) is 0 Å². The number of amides is 2. The third-order valence-electron chi connectivity index (χ3n) is 5.17. The number of H-pyrrole nitrogens is 1. The maximum Gasteiger partial charge on any atom is 0.272 e. The van der Waals surface area contributed by atoms with E-state index < -0.39 is 23.4 Å². The summed E-state index contributed by atoms with van der Waals surface area (Å²) in [5.74, 6) is -1.07. The van der Waals surface area contributed by atoms with Crippen LogP contribution in [0.4, 0.5) is 0 Å². The summed E-state index contributed by atoms with van der Waals surface area (Å²) in [4.78, 5) is 38.4. The van der Waals surface area contributed by atoms with E-state index in [4.69, 9.17) is 0 Å². The lowest BCUT2D eigenvalue weighted by atomic mass is 10.0. The normalized spacial score (nSPS) is 12.2. The van der Waals surface area contributed by atoms with Crippen molar-refractivity contribution in [2.75, 3.05) is 0 Å². The predicted molar refractivity (Wildman–Crippen MR) is 134 cm³/mol. The van der Waals surface area contributed by atoms with Crippen LogP contribution in [0.3, 0.4) is 0 Å². The van der Waals surface area contributed by atoms with Crippen LogP contribution in [0.2, 0.25) is 0 Å². The van der Waals surface area contributed by atoms with Gasteiger partial charge in [-0.25, -0.2) is 10.5 Å². The first-order valence-corrected chi connectivity index (χ1v) is 11.2. The van der Waals surface area contributed by atoms with Crippen molar-refractivity contribution in [2.45, 2.75) is 13.0 Å². The summed E-state index contributed by atoms with van der Waals surface area (Å²) in [6.45, 7) is 1.76. The number of carbonyl (C=O) groups is 2. The molecule has 0 aliphatic rings. The highest BCUT2D eigenvalue weighted by Gasteiger charge is 2.27. The van der Waals surface area contributed by atoms with E-state index in [9.17, 15) is 14.4 Å². The van der Waals surface area contributed by atoms with Crippen molar-refractivity contribution in [1.29, 1.82) is 0 Å². The van der Waals surface area contributed by atoms with Crippen molar-refractivity contribution >= 4 is 44.2 Å². The highest BCUT2D eigenvalue weighted by Crippen LogP contribution is 2.20. The van der Waals surface area contributed by atoms with Gasteiger partial charge >= 0.3 is 0 Å². The lowest BCUT2D eigenvalue weighted by Crippen LogP contribution is -2.40. The molecular formula is C25H20BrN5O3. The fourth-order valence-corrected chi connectivity index (χ4v) is 3.64. The smallest absolute Gasteiger partial charge is 0.272 e. The molecule has 4 aromatic rings. The quantitative estimate of drug-likeness (QED) is 0.267. The Kier molecular flexibility index (Phi) is 6.93. The third kappa shape index (κ3) is 5.10. The van der Waals surface area contributed by atoms with Crippen LogP contribution >= 0.6 is 15.9 Å². The van der Waals surface area contributed by atoms with E-state index in [1.807, 2.05) is 24.3 Å². The molecule has 1 atom stereocenters. The van der Waals surface area contributed by atoms with Gasteiger partial charge in [-0.05, 0) is 42.8 Å². The van der Waals surface area contributed by atoms with Gasteiger partial charge in [0.1, 0.15) is 5.69 Å². The molecule has 0 fully saturated rings. The van der Waals surface area contributed by atoms with Gasteiger partial charge in [0.25, 0.3) is 17.4 Å². The van der Waals surface area contributed by atoms with E-state index in [0.29, 0.717) is 22.0 Å². The molecule has 1 heterocycles. The summed E-state index contributed by atoms with van der Waals surface area (Å²) >= 11 is 3.39. The molecule has 0 bridgehead atoms.